The van der Waals surface area contributed by atoms with Gasteiger partial charge in [-0.3, -0.25) is 15.1 Å². The Balaban J connectivity index is 1.57. The third-order valence-corrected chi connectivity index (χ3v) is 6.36. The van der Waals surface area contributed by atoms with Crippen LogP contribution in [0, 0.1) is 11.7 Å². The predicted octanol–water partition coefficient (Wildman–Crippen LogP) is 7.32. The number of rotatable bonds is 9. The summed E-state index contributed by atoms with van der Waals surface area (Å²) in [7, 11) is 0. The van der Waals surface area contributed by atoms with Crippen LogP contribution in [-0.2, 0) is 0 Å². The second-order valence-corrected chi connectivity index (χ2v) is 9.68. The summed E-state index contributed by atoms with van der Waals surface area (Å²) in [5.41, 5.74) is 6.70. The second-order valence-electron chi connectivity index (χ2n) is 9.68. The van der Waals surface area contributed by atoms with Crippen molar-refractivity contribution in [2.45, 2.75) is 27.2 Å². The molecule has 0 amide bonds. The lowest BCUT2D eigenvalue weighted by molar-refractivity contribution is 0.622. The van der Waals surface area contributed by atoms with Crippen LogP contribution in [0.5, 0.6) is 0 Å². The van der Waals surface area contributed by atoms with Gasteiger partial charge in [0.15, 0.2) is 5.82 Å². The Labute approximate surface area is 226 Å². The SMILES string of the molecule is C=C/C(=C\C(=C/C)c1ccc2[nH]nc(-c3nc4c(-c5cccnc5)nccc4[nH]3)c2c1F)NC(=C)CC(C)C. The minimum Gasteiger partial charge on any atom is -0.359 e. The monoisotopic (exact) mass is 519 g/mol. The van der Waals surface area contributed by atoms with Gasteiger partial charge in [0.1, 0.15) is 17.0 Å². The molecule has 7 nitrogen and oxygen atoms in total. The first-order valence-electron chi connectivity index (χ1n) is 12.8. The third kappa shape index (κ3) is 5.13. The number of fused-ring (bicyclic) bond motifs is 2. The molecule has 4 aromatic heterocycles. The van der Waals surface area contributed by atoms with Crippen LogP contribution in [-0.4, -0.2) is 30.1 Å². The summed E-state index contributed by atoms with van der Waals surface area (Å²) in [5.74, 6) is 0.517. The van der Waals surface area contributed by atoms with Crippen molar-refractivity contribution in [3.8, 4) is 22.8 Å². The number of nitrogens with one attached hydrogen (secondary N) is 3. The number of allylic oxidation sites excluding steroid dienone is 5. The van der Waals surface area contributed by atoms with Gasteiger partial charge in [0.2, 0.25) is 0 Å². The summed E-state index contributed by atoms with van der Waals surface area (Å²) in [6.45, 7) is 14.2. The van der Waals surface area contributed by atoms with Crippen molar-refractivity contribution in [2.75, 3.05) is 0 Å². The number of aromatic amines is 2. The lowest BCUT2D eigenvalue weighted by Gasteiger charge is -2.14. The summed E-state index contributed by atoms with van der Waals surface area (Å²) in [6.07, 6.45) is 11.4. The fourth-order valence-corrected chi connectivity index (χ4v) is 4.61. The van der Waals surface area contributed by atoms with Crippen LogP contribution in [0.3, 0.4) is 0 Å². The van der Waals surface area contributed by atoms with Crippen molar-refractivity contribution in [1.29, 1.82) is 0 Å². The van der Waals surface area contributed by atoms with E-state index in [1.165, 1.54) is 0 Å². The van der Waals surface area contributed by atoms with E-state index in [1.807, 2.05) is 43.3 Å². The Kier molecular flexibility index (Phi) is 7.19. The molecule has 1 aromatic carbocycles. The highest BCUT2D eigenvalue weighted by Crippen LogP contribution is 2.34. The number of aromatic nitrogens is 6. The number of H-pyrrole nitrogens is 2. The van der Waals surface area contributed by atoms with Crippen molar-refractivity contribution in [2.24, 2.45) is 5.92 Å². The number of benzene rings is 1. The van der Waals surface area contributed by atoms with Crippen molar-refractivity contribution < 1.29 is 4.39 Å². The number of hydrogen-bond acceptors (Lipinski definition) is 5. The second kappa shape index (κ2) is 10.9. The van der Waals surface area contributed by atoms with Gasteiger partial charge in [-0.2, -0.15) is 5.10 Å². The Bertz CT molecular complexity index is 1740. The summed E-state index contributed by atoms with van der Waals surface area (Å²) in [5, 5.41) is 11.0. The molecule has 0 saturated carbocycles. The van der Waals surface area contributed by atoms with Crippen LogP contribution in [0.15, 0.2) is 91.7 Å². The van der Waals surface area contributed by atoms with Crippen LogP contribution >= 0.6 is 0 Å². The van der Waals surface area contributed by atoms with Crippen LogP contribution in [0.2, 0.25) is 0 Å². The van der Waals surface area contributed by atoms with E-state index in [1.54, 1.807) is 30.7 Å². The summed E-state index contributed by atoms with van der Waals surface area (Å²) in [6, 6.07) is 9.18. The first-order chi connectivity index (χ1) is 18.9. The zero-order valence-electron chi connectivity index (χ0n) is 22.2. The smallest absolute Gasteiger partial charge is 0.159 e. The summed E-state index contributed by atoms with van der Waals surface area (Å²) >= 11 is 0. The minimum atomic E-state index is -0.393. The van der Waals surface area contributed by atoms with Crippen LogP contribution in [0.25, 0.3) is 50.3 Å². The molecule has 0 unspecified atom stereocenters. The molecule has 0 saturated heterocycles. The predicted molar refractivity (Wildman–Crippen MR) is 156 cm³/mol. The number of pyridine rings is 2. The molecule has 5 rings (SSSR count). The molecular weight excluding hydrogens is 489 g/mol. The molecule has 0 spiro atoms. The Morgan fingerprint density at radius 1 is 1.13 bits per heavy atom. The first-order valence-corrected chi connectivity index (χ1v) is 12.8. The zero-order valence-corrected chi connectivity index (χ0v) is 22.2. The highest BCUT2D eigenvalue weighted by atomic mass is 19.1. The normalized spacial score (nSPS) is 12.4. The van der Waals surface area contributed by atoms with E-state index in [0.717, 1.165) is 28.9 Å². The molecule has 39 heavy (non-hydrogen) atoms. The van der Waals surface area contributed by atoms with E-state index in [2.05, 4.69) is 57.5 Å². The maximum absolute atomic E-state index is 16.2. The molecule has 8 heteroatoms. The topological polar surface area (TPSA) is 95.2 Å². The molecule has 3 N–H and O–H groups in total. The van der Waals surface area contributed by atoms with Crippen LogP contribution < -0.4 is 5.32 Å². The average Bonchev–Trinajstić information content (AvgIpc) is 3.56. The van der Waals surface area contributed by atoms with Crippen molar-refractivity contribution in [1.82, 2.24) is 35.5 Å². The van der Waals surface area contributed by atoms with Crippen molar-refractivity contribution in [3.05, 3.63) is 103 Å². The van der Waals surface area contributed by atoms with E-state index in [9.17, 15) is 0 Å². The highest BCUT2D eigenvalue weighted by Gasteiger charge is 2.21. The molecule has 0 aliphatic heterocycles. The molecule has 0 bridgehead atoms. The molecular formula is C31H30FN7. The van der Waals surface area contributed by atoms with Gasteiger partial charge in [0.05, 0.1) is 22.1 Å². The molecule has 196 valence electrons. The van der Waals surface area contributed by atoms with Crippen molar-refractivity contribution >= 4 is 27.5 Å². The highest BCUT2D eigenvalue weighted by molar-refractivity contribution is 5.98. The van der Waals surface area contributed by atoms with E-state index < -0.39 is 5.82 Å². The zero-order chi connectivity index (χ0) is 27.5. The quantitative estimate of drug-likeness (QED) is 0.177. The van der Waals surface area contributed by atoms with E-state index in [4.69, 9.17) is 4.98 Å². The van der Waals surface area contributed by atoms with Crippen molar-refractivity contribution in [3.63, 3.8) is 0 Å². The van der Waals surface area contributed by atoms with Gasteiger partial charge >= 0.3 is 0 Å². The molecule has 0 fully saturated rings. The number of hydrogen-bond donors (Lipinski definition) is 3. The van der Waals surface area contributed by atoms with Gasteiger partial charge in [-0.05, 0) is 67.3 Å². The van der Waals surface area contributed by atoms with Crippen LogP contribution in [0.4, 0.5) is 4.39 Å². The fraction of sp³-hybridized carbons (Fsp3) is 0.161. The molecule has 5 aromatic rings. The molecule has 4 heterocycles. The Hall–Kier alpha value is -4.85. The van der Waals surface area contributed by atoms with Gasteiger partial charge in [0, 0.05) is 41.1 Å². The molecule has 0 aliphatic carbocycles. The molecule has 0 atom stereocenters. The molecule has 0 radical (unpaired) electrons. The Morgan fingerprint density at radius 2 is 1.97 bits per heavy atom. The summed E-state index contributed by atoms with van der Waals surface area (Å²) in [4.78, 5) is 16.8. The number of halogens is 1. The lowest BCUT2D eigenvalue weighted by Crippen LogP contribution is -2.12. The standard InChI is InChI=1S/C31H30FN7/c1-6-20(16-22(7-2)35-19(5)15-18(3)4)23-10-11-24-26(27(23)32)30(39-38-24)31-36-25-12-14-34-28(29(25)37-31)21-9-8-13-33-17-21/h6-14,16-18,35H,2,5,15H2,1,3-4H3,(H,36,37)(H,38,39)/b20-6+,22-16+. The Morgan fingerprint density at radius 3 is 2.69 bits per heavy atom. The van der Waals surface area contributed by atoms with E-state index in [0.29, 0.717) is 50.7 Å². The van der Waals surface area contributed by atoms with Crippen LogP contribution in [0.1, 0.15) is 32.8 Å². The number of nitrogens with zero attached hydrogens (tertiary/aromatic N) is 4. The van der Waals surface area contributed by atoms with Gasteiger partial charge in [-0.1, -0.05) is 33.1 Å². The van der Waals surface area contributed by atoms with Gasteiger partial charge in [0.25, 0.3) is 0 Å². The first kappa shape index (κ1) is 25.8. The largest absolute Gasteiger partial charge is 0.359 e. The lowest BCUT2D eigenvalue weighted by atomic mass is 10.0. The summed E-state index contributed by atoms with van der Waals surface area (Å²) < 4.78 is 16.2. The maximum atomic E-state index is 16.2. The minimum absolute atomic E-state index is 0.354. The van der Waals surface area contributed by atoms with E-state index >= 15 is 4.39 Å². The maximum Gasteiger partial charge on any atom is 0.159 e. The fourth-order valence-electron chi connectivity index (χ4n) is 4.61. The van der Waals surface area contributed by atoms with E-state index in [-0.39, 0.29) is 0 Å². The third-order valence-electron chi connectivity index (χ3n) is 6.36. The van der Waals surface area contributed by atoms with Gasteiger partial charge < -0.3 is 10.3 Å². The average molecular weight is 520 g/mol. The number of imidazole rings is 1. The van der Waals surface area contributed by atoms with Gasteiger partial charge in [-0.15, -0.1) is 0 Å². The molecule has 0 aliphatic rings. The van der Waals surface area contributed by atoms with Gasteiger partial charge in [-0.25, -0.2) is 9.37 Å².